The van der Waals surface area contributed by atoms with Gasteiger partial charge >= 0.3 is 0 Å². The summed E-state index contributed by atoms with van der Waals surface area (Å²) in [4.78, 5) is 11.9. The van der Waals surface area contributed by atoms with Crippen molar-refractivity contribution in [3.8, 4) is 0 Å². The molecule has 1 amide bonds. The molecular formula is C16H21NO3. The first-order chi connectivity index (χ1) is 9.70. The number of aliphatic hydroxyl groups is 1. The molecule has 2 heterocycles. The third kappa shape index (κ3) is 2.34. The van der Waals surface area contributed by atoms with Crippen molar-refractivity contribution in [3.05, 3.63) is 34.9 Å². The second-order valence-corrected chi connectivity index (χ2v) is 5.64. The Morgan fingerprint density at radius 1 is 1.50 bits per heavy atom. The Bertz CT molecular complexity index is 514. The van der Waals surface area contributed by atoms with Crippen molar-refractivity contribution in [1.29, 1.82) is 0 Å². The summed E-state index contributed by atoms with van der Waals surface area (Å²) in [6.07, 6.45) is 2.22. The van der Waals surface area contributed by atoms with E-state index in [0.717, 1.165) is 30.4 Å². The highest BCUT2D eigenvalue weighted by molar-refractivity contribution is 5.96. The quantitative estimate of drug-likeness (QED) is 0.884. The van der Waals surface area contributed by atoms with E-state index in [1.54, 1.807) is 0 Å². The number of ether oxygens (including phenoxy) is 1. The SMILES string of the molecule is CCC1OCCC1C(O)c1ccc2c(c1)C(=O)NCC2. The van der Waals surface area contributed by atoms with Crippen molar-refractivity contribution in [2.24, 2.45) is 5.92 Å². The number of carbonyl (C=O) groups is 1. The second kappa shape index (κ2) is 5.54. The van der Waals surface area contributed by atoms with E-state index in [1.807, 2.05) is 18.2 Å². The molecule has 1 fully saturated rings. The zero-order chi connectivity index (χ0) is 14.1. The number of hydrogen-bond acceptors (Lipinski definition) is 3. The fourth-order valence-electron chi connectivity index (χ4n) is 3.31. The van der Waals surface area contributed by atoms with Gasteiger partial charge in [-0.3, -0.25) is 4.79 Å². The number of rotatable bonds is 3. The van der Waals surface area contributed by atoms with Crippen LogP contribution in [0.1, 0.15) is 47.4 Å². The smallest absolute Gasteiger partial charge is 0.251 e. The Kier molecular flexibility index (Phi) is 3.76. The fourth-order valence-corrected chi connectivity index (χ4v) is 3.31. The average Bonchev–Trinajstić information content (AvgIpc) is 2.95. The summed E-state index contributed by atoms with van der Waals surface area (Å²) in [5, 5.41) is 13.4. The van der Waals surface area contributed by atoms with Crippen LogP contribution < -0.4 is 5.32 Å². The zero-order valence-electron chi connectivity index (χ0n) is 11.8. The van der Waals surface area contributed by atoms with Crippen LogP contribution in [0.25, 0.3) is 0 Å². The summed E-state index contributed by atoms with van der Waals surface area (Å²) >= 11 is 0. The lowest BCUT2D eigenvalue weighted by atomic mass is 9.87. The molecule has 1 aromatic rings. The average molecular weight is 275 g/mol. The molecule has 3 rings (SSSR count). The van der Waals surface area contributed by atoms with E-state index in [9.17, 15) is 9.90 Å². The molecule has 1 saturated heterocycles. The number of nitrogens with one attached hydrogen (secondary N) is 1. The Morgan fingerprint density at radius 3 is 3.15 bits per heavy atom. The predicted molar refractivity (Wildman–Crippen MR) is 75.6 cm³/mol. The molecule has 0 radical (unpaired) electrons. The summed E-state index contributed by atoms with van der Waals surface area (Å²) in [5.41, 5.74) is 2.61. The van der Waals surface area contributed by atoms with Gasteiger partial charge in [-0.2, -0.15) is 0 Å². The van der Waals surface area contributed by atoms with E-state index in [0.29, 0.717) is 18.7 Å². The van der Waals surface area contributed by atoms with Gasteiger partial charge in [-0.1, -0.05) is 19.1 Å². The highest BCUT2D eigenvalue weighted by Crippen LogP contribution is 2.35. The van der Waals surface area contributed by atoms with E-state index >= 15 is 0 Å². The van der Waals surface area contributed by atoms with Crippen molar-refractivity contribution < 1.29 is 14.6 Å². The molecule has 2 aliphatic heterocycles. The third-order valence-electron chi connectivity index (χ3n) is 4.47. The van der Waals surface area contributed by atoms with Crippen molar-refractivity contribution in [2.45, 2.75) is 38.4 Å². The second-order valence-electron chi connectivity index (χ2n) is 5.64. The first-order valence-electron chi connectivity index (χ1n) is 7.41. The van der Waals surface area contributed by atoms with Gasteiger partial charge in [0.2, 0.25) is 0 Å². The Balaban J connectivity index is 1.87. The largest absolute Gasteiger partial charge is 0.388 e. The van der Waals surface area contributed by atoms with E-state index in [-0.39, 0.29) is 17.9 Å². The highest BCUT2D eigenvalue weighted by atomic mass is 16.5. The van der Waals surface area contributed by atoms with Gasteiger partial charge in [0.15, 0.2) is 0 Å². The van der Waals surface area contributed by atoms with Crippen LogP contribution in [0.4, 0.5) is 0 Å². The molecule has 1 aromatic carbocycles. The summed E-state index contributed by atoms with van der Waals surface area (Å²) in [6, 6.07) is 5.77. The van der Waals surface area contributed by atoms with Gasteiger partial charge in [0.1, 0.15) is 0 Å². The van der Waals surface area contributed by atoms with Crippen molar-refractivity contribution in [1.82, 2.24) is 5.32 Å². The molecule has 3 unspecified atom stereocenters. The fraction of sp³-hybridized carbons (Fsp3) is 0.562. The molecule has 0 aromatic heterocycles. The van der Waals surface area contributed by atoms with Crippen LogP contribution in [0, 0.1) is 5.92 Å². The van der Waals surface area contributed by atoms with Crippen LogP contribution in [-0.4, -0.2) is 30.3 Å². The molecule has 20 heavy (non-hydrogen) atoms. The lowest BCUT2D eigenvalue weighted by Crippen LogP contribution is -2.32. The lowest BCUT2D eigenvalue weighted by molar-refractivity contribution is 0.0307. The number of carbonyl (C=O) groups excluding carboxylic acids is 1. The van der Waals surface area contributed by atoms with Crippen LogP contribution in [0.5, 0.6) is 0 Å². The first kappa shape index (κ1) is 13.6. The topological polar surface area (TPSA) is 58.6 Å². The number of amides is 1. The Morgan fingerprint density at radius 2 is 2.35 bits per heavy atom. The summed E-state index contributed by atoms with van der Waals surface area (Å²) in [6.45, 7) is 3.49. The zero-order valence-corrected chi connectivity index (χ0v) is 11.8. The molecule has 0 saturated carbocycles. The van der Waals surface area contributed by atoms with Gasteiger partial charge in [-0.05, 0) is 36.5 Å². The molecule has 0 spiro atoms. The van der Waals surface area contributed by atoms with E-state index < -0.39 is 6.10 Å². The lowest BCUT2D eigenvalue weighted by Gasteiger charge is -2.24. The summed E-state index contributed by atoms with van der Waals surface area (Å²) in [5.74, 6) is 0.0970. The number of benzene rings is 1. The Labute approximate surface area is 119 Å². The van der Waals surface area contributed by atoms with E-state index in [1.165, 1.54) is 0 Å². The maximum absolute atomic E-state index is 11.9. The van der Waals surface area contributed by atoms with E-state index in [4.69, 9.17) is 4.74 Å². The number of aliphatic hydroxyl groups excluding tert-OH is 1. The number of hydrogen-bond donors (Lipinski definition) is 2. The van der Waals surface area contributed by atoms with Crippen molar-refractivity contribution in [2.75, 3.05) is 13.2 Å². The van der Waals surface area contributed by atoms with Crippen LogP contribution in [-0.2, 0) is 11.2 Å². The molecule has 2 aliphatic rings. The molecule has 4 heteroatoms. The summed E-state index contributed by atoms with van der Waals surface area (Å²) < 4.78 is 5.65. The molecule has 2 N–H and O–H groups in total. The molecular weight excluding hydrogens is 254 g/mol. The van der Waals surface area contributed by atoms with Crippen molar-refractivity contribution in [3.63, 3.8) is 0 Å². The minimum Gasteiger partial charge on any atom is -0.388 e. The van der Waals surface area contributed by atoms with Gasteiger partial charge in [0.25, 0.3) is 5.91 Å². The molecule has 0 bridgehead atoms. The number of fused-ring (bicyclic) bond motifs is 1. The van der Waals surface area contributed by atoms with Gasteiger partial charge < -0.3 is 15.2 Å². The highest BCUT2D eigenvalue weighted by Gasteiger charge is 2.34. The maximum atomic E-state index is 11.9. The summed E-state index contributed by atoms with van der Waals surface area (Å²) in [7, 11) is 0. The standard InChI is InChI=1S/C16H21NO3/c1-2-14-12(6-8-20-14)15(18)11-4-3-10-5-7-17-16(19)13(10)9-11/h3-4,9,12,14-15,18H,2,5-8H2,1H3,(H,17,19). The maximum Gasteiger partial charge on any atom is 0.251 e. The molecule has 3 atom stereocenters. The third-order valence-corrected chi connectivity index (χ3v) is 4.47. The minimum absolute atomic E-state index is 0.0324. The molecule has 4 nitrogen and oxygen atoms in total. The monoisotopic (exact) mass is 275 g/mol. The van der Waals surface area contributed by atoms with Crippen LogP contribution >= 0.6 is 0 Å². The van der Waals surface area contributed by atoms with Crippen LogP contribution in [0.2, 0.25) is 0 Å². The van der Waals surface area contributed by atoms with Gasteiger partial charge in [-0.25, -0.2) is 0 Å². The van der Waals surface area contributed by atoms with Gasteiger partial charge in [0, 0.05) is 24.6 Å². The van der Waals surface area contributed by atoms with Gasteiger partial charge in [0.05, 0.1) is 12.2 Å². The first-order valence-corrected chi connectivity index (χ1v) is 7.41. The molecule has 108 valence electrons. The molecule has 0 aliphatic carbocycles. The predicted octanol–water partition coefficient (Wildman–Crippen LogP) is 1.82. The minimum atomic E-state index is -0.553. The van der Waals surface area contributed by atoms with Crippen molar-refractivity contribution >= 4 is 5.91 Å². The van der Waals surface area contributed by atoms with Crippen LogP contribution in [0.3, 0.4) is 0 Å². The van der Waals surface area contributed by atoms with Gasteiger partial charge in [-0.15, -0.1) is 0 Å². The van der Waals surface area contributed by atoms with Crippen LogP contribution in [0.15, 0.2) is 18.2 Å². The van der Waals surface area contributed by atoms with E-state index in [2.05, 4.69) is 12.2 Å². The normalized spacial score (nSPS) is 27.0. The Hall–Kier alpha value is -1.39.